The van der Waals surface area contributed by atoms with E-state index >= 15 is 0 Å². The fourth-order valence-corrected chi connectivity index (χ4v) is 1.74. The largest absolute Gasteiger partial charge is 0.391 e. The predicted molar refractivity (Wildman–Crippen MR) is 57.3 cm³/mol. The van der Waals surface area contributed by atoms with Gasteiger partial charge in [0.05, 0.1) is 12.1 Å². The molecule has 0 heterocycles. The van der Waals surface area contributed by atoms with Crippen LogP contribution in [0.25, 0.3) is 0 Å². The van der Waals surface area contributed by atoms with Crippen LogP contribution in [0.4, 0.5) is 4.39 Å². The molecule has 3 N–H and O–H groups in total. The van der Waals surface area contributed by atoms with Crippen molar-refractivity contribution in [2.45, 2.75) is 25.5 Å². The molecule has 0 amide bonds. The minimum atomic E-state index is -0.645. The Balaban J connectivity index is 2.99. The fourth-order valence-electron chi connectivity index (χ4n) is 1.23. The number of hydrogen-bond donors (Lipinski definition) is 2. The van der Waals surface area contributed by atoms with Gasteiger partial charge in [-0.2, -0.15) is 0 Å². The Morgan fingerprint density at radius 1 is 1.57 bits per heavy atom. The summed E-state index contributed by atoms with van der Waals surface area (Å²) in [5, 5.41) is 9.53. The minimum absolute atomic E-state index is 0.345. The molecule has 4 heteroatoms. The van der Waals surface area contributed by atoms with Crippen LogP contribution in [0, 0.1) is 5.82 Å². The molecule has 0 saturated carbocycles. The molecule has 0 aliphatic heterocycles. The van der Waals surface area contributed by atoms with E-state index in [2.05, 4.69) is 15.9 Å². The van der Waals surface area contributed by atoms with E-state index < -0.39 is 12.1 Å². The van der Waals surface area contributed by atoms with Gasteiger partial charge in [0.1, 0.15) is 5.82 Å². The van der Waals surface area contributed by atoms with Crippen LogP contribution in [-0.4, -0.2) is 11.2 Å². The molecule has 2 atom stereocenters. The summed E-state index contributed by atoms with van der Waals surface area (Å²) in [6.45, 7) is 1.83. The Kier molecular flexibility index (Phi) is 4.04. The Bertz CT molecular complexity index is 319. The van der Waals surface area contributed by atoms with Crippen LogP contribution in [0.1, 0.15) is 24.9 Å². The predicted octanol–water partition coefficient (Wildman–Crippen LogP) is 2.36. The molecule has 14 heavy (non-hydrogen) atoms. The molecule has 0 saturated heterocycles. The molecule has 1 rings (SSSR count). The number of halogens is 2. The number of aliphatic hydroxyl groups excluding tert-OH is 1. The highest BCUT2D eigenvalue weighted by molar-refractivity contribution is 9.10. The van der Waals surface area contributed by atoms with Crippen molar-refractivity contribution >= 4 is 15.9 Å². The van der Waals surface area contributed by atoms with E-state index in [1.165, 1.54) is 12.1 Å². The topological polar surface area (TPSA) is 46.2 Å². The Hall–Kier alpha value is -0.450. The van der Waals surface area contributed by atoms with Crippen LogP contribution < -0.4 is 5.73 Å². The van der Waals surface area contributed by atoms with Gasteiger partial charge in [-0.15, -0.1) is 0 Å². The quantitative estimate of drug-likeness (QED) is 0.878. The third-order valence-corrected chi connectivity index (χ3v) is 2.87. The SMILES string of the molecule is CCC(O)C(N)c1cc(F)ccc1Br. The summed E-state index contributed by atoms with van der Waals surface area (Å²) in [5.74, 6) is -0.345. The lowest BCUT2D eigenvalue weighted by molar-refractivity contribution is 0.140. The van der Waals surface area contributed by atoms with Gasteiger partial charge in [0, 0.05) is 4.47 Å². The van der Waals surface area contributed by atoms with Crippen molar-refractivity contribution in [3.05, 3.63) is 34.1 Å². The van der Waals surface area contributed by atoms with Gasteiger partial charge in [0.25, 0.3) is 0 Å². The molecule has 2 nitrogen and oxygen atoms in total. The van der Waals surface area contributed by atoms with Crippen molar-refractivity contribution in [1.82, 2.24) is 0 Å². The first-order valence-electron chi connectivity index (χ1n) is 4.44. The number of rotatable bonds is 3. The summed E-state index contributed by atoms with van der Waals surface area (Å²) in [6.07, 6.45) is -0.0995. The van der Waals surface area contributed by atoms with Gasteiger partial charge in [-0.1, -0.05) is 22.9 Å². The molecule has 1 aromatic rings. The molecule has 0 spiro atoms. The van der Waals surface area contributed by atoms with E-state index in [4.69, 9.17) is 5.73 Å². The molecular weight excluding hydrogens is 249 g/mol. The first-order valence-corrected chi connectivity index (χ1v) is 5.24. The molecule has 0 radical (unpaired) electrons. The van der Waals surface area contributed by atoms with Crippen molar-refractivity contribution < 1.29 is 9.50 Å². The Labute approximate surface area is 91.1 Å². The second-order valence-corrected chi connectivity index (χ2v) is 4.02. The number of hydrogen-bond acceptors (Lipinski definition) is 2. The van der Waals surface area contributed by atoms with E-state index in [0.717, 1.165) is 4.47 Å². The molecule has 0 aliphatic rings. The van der Waals surface area contributed by atoms with Gasteiger partial charge < -0.3 is 10.8 Å². The zero-order valence-corrected chi connectivity index (χ0v) is 9.46. The summed E-state index contributed by atoms with van der Waals surface area (Å²) in [4.78, 5) is 0. The number of benzene rings is 1. The molecule has 2 unspecified atom stereocenters. The normalized spacial score (nSPS) is 15.2. The summed E-state index contributed by atoms with van der Waals surface area (Å²) in [6, 6.07) is 3.73. The van der Waals surface area contributed by atoms with Gasteiger partial charge in [-0.3, -0.25) is 0 Å². The van der Waals surface area contributed by atoms with Gasteiger partial charge in [0.15, 0.2) is 0 Å². The van der Waals surface area contributed by atoms with Crippen LogP contribution in [-0.2, 0) is 0 Å². The Morgan fingerprint density at radius 2 is 2.21 bits per heavy atom. The van der Waals surface area contributed by atoms with Gasteiger partial charge in [-0.05, 0) is 30.2 Å². The lowest BCUT2D eigenvalue weighted by atomic mass is 10.0. The van der Waals surface area contributed by atoms with Crippen LogP contribution in [0.15, 0.2) is 22.7 Å². The molecule has 0 aromatic heterocycles. The maximum atomic E-state index is 12.9. The number of nitrogens with two attached hydrogens (primary N) is 1. The lowest BCUT2D eigenvalue weighted by Gasteiger charge is -2.18. The third-order valence-electron chi connectivity index (χ3n) is 2.15. The van der Waals surface area contributed by atoms with Crippen LogP contribution in [0.2, 0.25) is 0 Å². The molecule has 0 fully saturated rings. The van der Waals surface area contributed by atoms with Crippen molar-refractivity contribution in [3.8, 4) is 0 Å². The highest BCUT2D eigenvalue weighted by Crippen LogP contribution is 2.25. The lowest BCUT2D eigenvalue weighted by Crippen LogP contribution is -2.25. The third kappa shape index (κ3) is 2.53. The number of aliphatic hydroxyl groups is 1. The second-order valence-electron chi connectivity index (χ2n) is 3.17. The van der Waals surface area contributed by atoms with Crippen LogP contribution >= 0.6 is 15.9 Å². The minimum Gasteiger partial charge on any atom is -0.391 e. The monoisotopic (exact) mass is 261 g/mol. The van der Waals surface area contributed by atoms with Crippen molar-refractivity contribution in [2.75, 3.05) is 0 Å². The standard InChI is InChI=1S/C10H13BrFNO/c1-2-9(14)10(13)7-5-6(12)3-4-8(7)11/h3-5,9-10,14H,2,13H2,1H3. The second kappa shape index (κ2) is 4.87. The zero-order valence-electron chi connectivity index (χ0n) is 7.87. The van der Waals surface area contributed by atoms with Gasteiger partial charge in [0.2, 0.25) is 0 Å². The first-order chi connectivity index (χ1) is 6.56. The first kappa shape index (κ1) is 11.6. The highest BCUT2D eigenvalue weighted by Gasteiger charge is 2.17. The van der Waals surface area contributed by atoms with Crippen molar-refractivity contribution in [3.63, 3.8) is 0 Å². The van der Waals surface area contributed by atoms with Crippen LogP contribution in [0.5, 0.6) is 0 Å². The average Bonchev–Trinajstić information content (AvgIpc) is 2.19. The molecule has 78 valence electrons. The molecular formula is C10H13BrFNO. The van der Waals surface area contributed by atoms with Gasteiger partial charge >= 0.3 is 0 Å². The summed E-state index contributed by atoms with van der Waals surface area (Å²) in [7, 11) is 0. The highest BCUT2D eigenvalue weighted by atomic mass is 79.9. The summed E-state index contributed by atoms with van der Waals surface area (Å²) in [5.41, 5.74) is 6.37. The zero-order chi connectivity index (χ0) is 10.7. The smallest absolute Gasteiger partial charge is 0.123 e. The Morgan fingerprint density at radius 3 is 2.79 bits per heavy atom. The maximum absolute atomic E-state index is 12.9. The van der Waals surface area contributed by atoms with Crippen molar-refractivity contribution in [2.24, 2.45) is 5.73 Å². The molecule has 0 bridgehead atoms. The van der Waals surface area contributed by atoms with Crippen molar-refractivity contribution in [1.29, 1.82) is 0 Å². The van der Waals surface area contributed by atoms with E-state index in [9.17, 15) is 9.50 Å². The van der Waals surface area contributed by atoms with Gasteiger partial charge in [-0.25, -0.2) is 4.39 Å². The maximum Gasteiger partial charge on any atom is 0.123 e. The summed E-state index contributed by atoms with van der Waals surface area (Å²) < 4.78 is 13.6. The van der Waals surface area contributed by atoms with E-state index in [1.54, 1.807) is 6.07 Å². The van der Waals surface area contributed by atoms with E-state index in [0.29, 0.717) is 12.0 Å². The molecule has 0 aliphatic carbocycles. The molecule has 1 aromatic carbocycles. The average molecular weight is 262 g/mol. The van der Waals surface area contributed by atoms with E-state index in [-0.39, 0.29) is 5.82 Å². The summed E-state index contributed by atoms with van der Waals surface area (Å²) >= 11 is 3.27. The fraction of sp³-hybridized carbons (Fsp3) is 0.400. The van der Waals surface area contributed by atoms with E-state index in [1.807, 2.05) is 6.92 Å². The van der Waals surface area contributed by atoms with Crippen LogP contribution in [0.3, 0.4) is 0 Å².